The Morgan fingerprint density at radius 1 is 1.07 bits per heavy atom. The Morgan fingerprint density at radius 3 is 1.67 bits per heavy atom. The normalized spacial score (nSPS) is 15.8. The maximum atomic E-state index is 11.3. The van der Waals surface area contributed by atoms with Gasteiger partial charge in [0.25, 0.3) is 0 Å². The molecule has 0 rings (SSSR count). The third-order valence-corrected chi connectivity index (χ3v) is 7.23. The van der Waals surface area contributed by atoms with Crippen LogP contribution in [0, 0.1) is 0 Å². The first kappa shape index (κ1) is 15.0. The summed E-state index contributed by atoms with van der Waals surface area (Å²) in [4.78, 5) is 9.26. The fourth-order valence-corrected chi connectivity index (χ4v) is 4.37. The van der Waals surface area contributed by atoms with Crippen molar-refractivity contribution < 1.29 is 17.9 Å². The highest BCUT2D eigenvalue weighted by Gasteiger charge is 2.18. The topological polar surface area (TPSA) is 55.8 Å². The monoisotopic (exact) mass is 266 g/mol. The van der Waals surface area contributed by atoms with Crippen molar-refractivity contribution in [2.24, 2.45) is 0 Å². The number of hydrogen-bond donors (Lipinski definition) is 1. The van der Waals surface area contributed by atoms with Crippen molar-refractivity contribution in [3.05, 3.63) is 22.5 Å². The molecule has 0 saturated carbocycles. The molecule has 0 aliphatic heterocycles. The summed E-state index contributed by atoms with van der Waals surface area (Å²) in [5.41, 5.74) is 5.94. The number of hydrogen-bond acceptors (Lipinski definition) is 3. The van der Waals surface area contributed by atoms with Crippen molar-refractivity contribution in [3.63, 3.8) is 0 Å². The largest absolute Gasteiger partial charge is 0.451 e. The van der Waals surface area contributed by atoms with E-state index in [0.717, 1.165) is 11.1 Å². The average molecular weight is 266 g/mol. The number of rotatable bonds is 6. The van der Waals surface area contributed by atoms with Crippen molar-refractivity contribution in [2.75, 3.05) is 0 Å². The summed E-state index contributed by atoms with van der Waals surface area (Å²) in [5.74, 6) is 0. The number of phosphoric acid groups is 1. The maximum Gasteiger partial charge on any atom is 0.451 e. The van der Waals surface area contributed by atoms with Crippen molar-refractivity contribution in [1.29, 1.82) is 0 Å². The van der Waals surface area contributed by atoms with Crippen LogP contribution >= 0.6 is 7.82 Å². The molecule has 1 N–H and O–H groups in total. The molecule has 88 valence electrons. The van der Waals surface area contributed by atoms with Gasteiger partial charge in [-0.15, -0.1) is 0 Å². The van der Waals surface area contributed by atoms with Gasteiger partial charge in [-0.3, -0.25) is 0 Å². The molecular weight excluding hydrogens is 247 g/mol. The minimum Gasteiger partial charge on any atom is -0.333 e. The van der Waals surface area contributed by atoms with E-state index in [0.29, 0.717) is 0 Å². The zero-order valence-corrected chi connectivity index (χ0v) is 13.4. The SMILES string of the molecule is CC(C)=C[SiH2]OP(=O)(O)O[SiH2]C=C(C)C. The third-order valence-electron chi connectivity index (χ3n) is 1.46. The van der Waals surface area contributed by atoms with Crippen LogP contribution in [-0.4, -0.2) is 24.4 Å². The lowest BCUT2D eigenvalue weighted by molar-refractivity contribution is 0.304. The fourth-order valence-electron chi connectivity index (χ4n) is 0.634. The van der Waals surface area contributed by atoms with Crippen LogP contribution in [0.15, 0.2) is 22.5 Å². The van der Waals surface area contributed by atoms with Gasteiger partial charge in [0.15, 0.2) is 19.5 Å². The standard InChI is InChI=1S/C8H19O4PSi2/c1-7(2)5-14-11-13(9,10)12-15-6-8(3)4/h5-6H,14-15H2,1-4H3,(H,9,10). The second kappa shape index (κ2) is 7.32. The molecule has 0 fully saturated rings. The van der Waals surface area contributed by atoms with E-state index >= 15 is 0 Å². The van der Waals surface area contributed by atoms with E-state index in [2.05, 4.69) is 0 Å². The summed E-state index contributed by atoms with van der Waals surface area (Å²) in [6.07, 6.45) is 0. The summed E-state index contributed by atoms with van der Waals surface area (Å²) in [5, 5.41) is 0. The van der Waals surface area contributed by atoms with Gasteiger partial charge < -0.3 is 13.3 Å². The van der Waals surface area contributed by atoms with Gasteiger partial charge >= 0.3 is 7.82 Å². The zero-order chi connectivity index (χ0) is 11.9. The van der Waals surface area contributed by atoms with Crippen LogP contribution in [0.5, 0.6) is 0 Å². The summed E-state index contributed by atoms with van der Waals surface area (Å²) in [6, 6.07) is 0. The molecule has 0 aromatic carbocycles. The van der Waals surface area contributed by atoms with Gasteiger partial charge in [0.1, 0.15) is 0 Å². The highest BCUT2D eigenvalue weighted by atomic mass is 31.2. The van der Waals surface area contributed by atoms with Crippen molar-refractivity contribution in [3.8, 4) is 0 Å². The van der Waals surface area contributed by atoms with E-state index in [9.17, 15) is 9.46 Å². The molecule has 7 heteroatoms. The van der Waals surface area contributed by atoms with Gasteiger partial charge in [0.05, 0.1) is 0 Å². The van der Waals surface area contributed by atoms with Gasteiger partial charge in [-0.1, -0.05) is 22.5 Å². The summed E-state index contributed by atoms with van der Waals surface area (Å²) in [6.45, 7) is 7.71. The van der Waals surface area contributed by atoms with Crippen molar-refractivity contribution >= 4 is 27.3 Å². The lowest BCUT2D eigenvalue weighted by Crippen LogP contribution is -2.00. The minimum absolute atomic E-state index is 1.09. The van der Waals surface area contributed by atoms with E-state index in [1.54, 1.807) is 0 Å². The van der Waals surface area contributed by atoms with E-state index in [1.165, 1.54) is 0 Å². The molecule has 0 saturated heterocycles. The Morgan fingerprint density at radius 2 is 1.40 bits per heavy atom. The first-order chi connectivity index (χ1) is 6.83. The van der Waals surface area contributed by atoms with Crippen LogP contribution in [0.2, 0.25) is 0 Å². The molecule has 0 spiro atoms. The molecule has 4 nitrogen and oxygen atoms in total. The van der Waals surface area contributed by atoms with Crippen LogP contribution in [0.1, 0.15) is 27.7 Å². The van der Waals surface area contributed by atoms with E-state index in [-0.39, 0.29) is 0 Å². The second-order valence-electron chi connectivity index (χ2n) is 3.62. The van der Waals surface area contributed by atoms with Crippen molar-refractivity contribution in [2.45, 2.75) is 27.7 Å². The predicted octanol–water partition coefficient (Wildman–Crippen LogP) is 1.13. The smallest absolute Gasteiger partial charge is 0.333 e. The van der Waals surface area contributed by atoms with E-state index in [4.69, 9.17) is 8.43 Å². The van der Waals surface area contributed by atoms with Crippen LogP contribution < -0.4 is 0 Å². The first-order valence-electron chi connectivity index (χ1n) is 4.72. The number of allylic oxidation sites excluding steroid dienone is 2. The molecule has 0 radical (unpaired) electrons. The summed E-state index contributed by atoms with van der Waals surface area (Å²) >= 11 is 0. The minimum atomic E-state index is -3.77. The second-order valence-corrected chi connectivity index (χ2v) is 8.11. The van der Waals surface area contributed by atoms with Gasteiger partial charge in [-0.25, -0.2) is 4.57 Å². The molecule has 0 heterocycles. The molecule has 0 aliphatic carbocycles. The molecule has 15 heavy (non-hydrogen) atoms. The average Bonchev–Trinajstić information content (AvgIpc) is 2.01. The highest BCUT2D eigenvalue weighted by Crippen LogP contribution is 2.41. The molecule has 0 atom stereocenters. The zero-order valence-electron chi connectivity index (χ0n) is 9.69. The van der Waals surface area contributed by atoms with Gasteiger partial charge in [-0.2, -0.15) is 0 Å². The van der Waals surface area contributed by atoms with Crippen LogP contribution in [0.25, 0.3) is 0 Å². The van der Waals surface area contributed by atoms with Crippen molar-refractivity contribution in [1.82, 2.24) is 0 Å². The Kier molecular flexibility index (Phi) is 7.33. The van der Waals surface area contributed by atoms with Gasteiger partial charge in [-0.05, 0) is 27.7 Å². The summed E-state index contributed by atoms with van der Waals surface area (Å²) in [7, 11) is -5.94. The van der Waals surface area contributed by atoms with Gasteiger partial charge in [0, 0.05) is 0 Å². The molecule has 0 bridgehead atoms. The Labute approximate surface area is 95.9 Å². The van der Waals surface area contributed by atoms with Crippen LogP contribution in [0.3, 0.4) is 0 Å². The molecule has 0 amide bonds. The predicted molar refractivity (Wildman–Crippen MR) is 67.9 cm³/mol. The summed E-state index contributed by atoms with van der Waals surface area (Å²) < 4.78 is 21.1. The Balaban J connectivity index is 3.93. The van der Waals surface area contributed by atoms with E-state index < -0.39 is 27.3 Å². The van der Waals surface area contributed by atoms with Gasteiger partial charge in [0.2, 0.25) is 0 Å². The first-order valence-corrected chi connectivity index (χ1v) is 9.00. The Bertz CT molecular complexity index is 267. The third kappa shape index (κ3) is 10.3. The Hall–Kier alpha value is 0.0238. The highest BCUT2D eigenvalue weighted by molar-refractivity contribution is 7.49. The van der Waals surface area contributed by atoms with Crippen LogP contribution in [-0.2, 0) is 13.0 Å². The van der Waals surface area contributed by atoms with Crippen LogP contribution in [0.4, 0.5) is 0 Å². The molecular formula is C8H19O4PSi2. The lowest BCUT2D eigenvalue weighted by Gasteiger charge is -2.10. The maximum absolute atomic E-state index is 11.3. The molecule has 0 aromatic heterocycles. The quantitative estimate of drug-likeness (QED) is 0.578. The van der Waals surface area contributed by atoms with E-state index in [1.807, 2.05) is 39.1 Å². The molecule has 0 unspecified atom stereocenters. The molecule has 0 aliphatic rings. The fraction of sp³-hybridized carbons (Fsp3) is 0.500. The lowest BCUT2D eigenvalue weighted by atomic mass is 10.4. The molecule has 0 aromatic rings.